The van der Waals surface area contributed by atoms with Gasteiger partial charge in [-0.25, -0.2) is 0 Å². The molecule has 1 fully saturated rings. The Hall–Kier alpha value is -1.87. The SMILES string of the molecule is NC(=O)CCn1c(SCC(=O)NC2CCCCCCC2)nnc1-c1cccs1. The Bertz CT molecular complexity index is 767. The average Bonchev–Trinajstić information content (AvgIpc) is 3.29. The third-order valence-electron chi connectivity index (χ3n) is 4.84. The maximum Gasteiger partial charge on any atom is 0.230 e. The van der Waals surface area contributed by atoms with Gasteiger partial charge >= 0.3 is 0 Å². The van der Waals surface area contributed by atoms with Crippen molar-refractivity contribution in [2.45, 2.75) is 69.1 Å². The summed E-state index contributed by atoms with van der Waals surface area (Å²) >= 11 is 2.91. The van der Waals surface area contributed by atoms with E-state index < -0.39 is 0 Å². The second-order valence-electron chi connectivity index (χ2n) is 7.05. The van der Waals surface area contributed by atoms with Crippen LogP contribution in [0, 0.1) is 0 Å². The fraction of sp³-hybridized carbons (Fsp3) is 0.579. The van der Waals surface area contributed by atoms with Gasteiger partial charge < -0.3 is 15.6 Å². The van der Waals surface area contributed by atoms with E-state index >= 15 is 0 Å². The molecule has 1 aliphatic rings. The molecule has 1 aliphatic carbocycles. The maximum atomic E-state index is 12.4. The van der Waals surface area contributed by atoms with Crippen LogP contribution in [0.25, 0.3) is 10.7 Å². The van der Waals surface area contributed by atoms with E-state index in [4.69, 9.17) is 5.73 Å². The summed E-state index contributed by atoms with van der Waals surface area (Å²) in [5, 5.41) is 14.3. The van der Waals surface area contributed by atoms with Gasteiger partial charge in [0, 0.05) is 19.0 Å². The molecular weight excluding hydrogens is 394 g/mol. The first-order chi connectivity index (χ1) is 13.6. The molecule has 152 valence electrons. The maximum absolute atomic E-state index is 12.4. The zero-order chi connectivity index (χ0) is 19.8. The molecule has 2 aromatic rings. The summed E-state index contributed by atoms with van der Waals surface area (Å²) in [5.41, 5.74) is 5.32. The number of hydrogen-bond donors (Lipinski definition) is 2. The highest BCUT2D eigenvalue weighted by atomic mass is 32.2. The number of rotatable bonds is 8. The van der Waals surface area contributed by atoms with E-state index in [0.717, 1.165) is 17.7 Å². The van der Waals surface area contributed by atoms with Crippen molar-refractivity contribution in [1.29, 1.82) is 0 Å². The summed E-state index contributed by atoms with van der Waals surface area (Å²) in [6.07, 6.45) is 8.53. The molecule has 0 spiro atoms. The highest BCUT2D eigenvalue weighted by Gasteiger charge is 2.18. The number of nitrogens with zero attached hydrogens (tertiary/aromatic N) is 3. The molecule has 28 heavy (non-hydrogen) atoms. The molecule has 0 aromatic carbocycles. The number of nitrogens with two attached hydrogens (primary N) is 1. The molecule has 1 saturated carbocycles. The third kappa shape index (κ3) is 6.07. The van der Waals surface area contributed by atoms with Crippen LogP contribution in [0.3, 0.4) is 0 Å². The topological polar surface area (TPSA) is 103 Å². The minimum atomic E-state index is -0.371. The van der Waals surface area contributed by atoms with Gasteiger partial charge in [-0.05, 0) is 24.3 Å². The number of thiophene rings is 1. The Kier molecular flexibility index (Phi) is 7.90. The molecule has 2 heterocycles. The first kappa shape index (κ1) is 20.9. The molecule has 0 atom stereocenters. The van der Waals surface area contributed by atoms with Crippen molar-refractivity contribution in [2.75, 3.05) is 5.75 Å². The standard InChI is InChI=1S/C19H27N5O2S2/c20-16(25)10-11-24-18(15-9-6-12-27-15)22-23-19(24)28-13-17(26)21-14-7-4-2-1-3-5-8-14/h6,9,12,14H,1-5,7-8,10-11,13H2,(H2,20,25)(H,21,26). The zero-order valence-corrected chi connectivity index (χ0v) is 17.6. The monoisotopic (exact) mass is 421 g/mol. The van der Waals surface area contributed by atoms with Gasteiger partial charge in [-0.3, -0.25) is 9.59 Å². The summed E-state index contributed by atoms with van der Waals surface area (Å²) < 4.78 is 1.88. The van der Waals surface area contributed by atoms with E-state index in [1.165, 1.54) is 43.9 Å². The highest BCUT2D eigenvalue weighted by molar-refractivity contribution is 7.99. The van der Waals surface area contributed by atoms with Crippen LogP contribution in [-0.2, 0) is 16.1 Å². The molecule has 0 radical (unpaired) electrons. The van der Waals surface area contributed by atoms with Crippen LogP contribution in [0.15, 0.2) is 22.7 Å². The summed E-state index contributed by atoms with van der Waals surface area (Å²) in [4.78, 5) is 24.7. The van der Waals surface area contributed by atoms with Crippen LogP contribution in [-0.4, -0.2) is 38.4 Å². The highest BCUT2D eigenvalue weighted by Crippen LogP contribution is 2.27. The van der Waals surface area contributed by atoms with Gasteiger partial charge in [0.05, 0.1) is 10.6 Å². The largest absolute Gasteiger partial charge is 0.370 e. The van der Waals surface area contributed by atoms with Crippen LogP contribution in [0.2, 0.25) is 0 Å². The van der Waals surface area contributed by atoms with Crippen LogP contribution in [0.1, 0.15) is 51.4 Å². The molecule has 0 bridgehead atoms. The van der Waals surface area contributed by atoms with E-state index in [9.17, 15) is 9.59 Å². The molecule has 0 saturated heterocycles. The van der Waals surface area contributed by atoms with Gasteiger partial charge in [0.1, 0.15) is 0 Å². The van der Waals surface area contributed by atoms with E-state index in [-0.39, 0.29) is 30.0 Å². The van der Waals surface area contributed by atoms with Gasteiger partial charge in [-0.15, -0.1) is 21.5 Å². The third-order valence-corrected chi connectivity index (χ3v) is 6.68. The van der Waals surface area contributed by atoms with Gasteiger partial charge in [0.2, 0.25) is 11.8 Å². The van der Waals surface area contributed by atoms with Crippen LogP contribution in [0.4, 0.5) is 0 Å². The van der Waals surface area contributed by atoms with Gasteiger partial charge in [-0.1, -0.05) is 49.9 Å². The molecule has 0 unspecified atom stereocenters. The van der Waals surface area contributed by atoms with E-state index in [2.05, 4.69) is 15.5 Å². The fourth-order valence-electron chi connectivity index (χ4n) is 3.41. The number of nitrogens with one attached hydrogen (secondary N) is 1. The molecular formula is C19H27N5O2S2. The second kappa shape index (κ2) is 10.6. The Morgan fingerprint density at radius 1 is 1.21 bits per heavy atom. The first-order valence-electron chi connectivity index (χ1n) is 9.81. The van der Waals surface area contributed by atoms with Crippen molar-refractivity contribution in [3.8, 4) is 10.7 Å². The van der Waals surface area contributed by atoms with E-state index in [1.807, 2.05) is 22.1 Å². The lowest BCUT2D eigenvalue weighted by Gasteiger charge is -2.20. The Morgan fingerprint density at radius 3 is 2.64 bits per heavy atom. The molecule has 0 aliphatic heterocycles. The van der Waals surface area contributed by atoms with Crippen molar-refractivity contribution in [2.24, 2.45) is 5.73 Å². The second-order valence-corrected chi connectivity index (χ2v) is 8.94. The number of hydrogen-bond acceptors (Lipinski definition) is 6. The fourth-order valence-corrected chi connectivity index (χ4v) is 4.90. The van der Waals surface area contributed by atoms with Gasteiger partial charge in [0.15, 0.2) is 11.0 Å². The van der Waals surface area contributed by atoms with Crippen molar-refractivity contribution in [3.63, 3.8) is 0 Å². The van der Waals surface area contributed by atoms with Crippen LogP contribution < -0.4 is 11.1 Å². The normalized spacial score (nSPS) is 15.7. The Balaban J connectivity index is 1.61. The van der Waals surface area contributed by atoms with Gasteiger partial charge in [-0.2, -0.15) is 0 Å². The lowest BCUT2D eigenvalue weighted by atomic mass is 9.97. The predicted molar refractivity (Wildman–Crippen MR) is 112 cm³/mol. The minimum Gasteiger partial charge on any atom is -0.370 e. The molecule has 3 rings (SSSR count). The zero-order valence-electron chi connectivity index (χ0n) is 15.9. The average molecular weight is 422 g/mol. The van der Waals surface area contributed by atoms with Crippen LogP contribution in [0.5, 0.6) is 0 Å². The number of aromatic nitrogens is 3. The molecule has 3 N–H and O–H groups in total. The van der Waals surface area contributed by atoms with E-state index in [1.54, 1.807) is 11.3 Å². The molecule has 7 nitrogen and oxygen atoms in total. The quantitative estimate of drug-likeness (QED) is 0.637. The predicted octanol–water partition coefficient (Wildman–Crippen LogP) is 3.20. The van der Waals surface area contributed by atoms with Gasteiger partial charge in [0.25, 0.3) is 0 Å². The number of carbonyl (C=O) groups is 2. The summed E-state index contributed by atoms with van der Waals surface area (Å²) in [6.45, 7) is 0.405. The van der Waals surface area contributed by atoms with Crippen molar-refractivity contribution >= 4 is 34.9 Å². The Morgan fingerprint density at radius 2 is 1.96 bits per heavy atom. The number of thioether (sulfide) groups is 1. The number of amides is 2. The summed E-state index contributed by atoms with van der Waals surface area (Å²) in [5.74, 6) is 0.649. The van der Waals surface area contributed by atoms with Crippen molar-refractivity contribution < 1.29 is 9.59 Å². The lowest BCUT2D eigenvalue weighted by Crippen LogP contribution is -2.36. The molecule has 9 heteroatoms. The molecule has 2 aromatic heterocycles. The Labute approximate surface area is 173 Å². The van der Waals surface area contributed by atoms with Crippen molar-refractivity contribution in [3.05, 3.63) is 17.5 Å². The number of carbonyl (C=O) groups excluding carboxylic acids is 2. The lowest BCUT2D eigenvalue weighted by molar-refractivity contribution is -0.119. The first-order valence-corrected chi connectivity index (χ1v) is 11.7. The minimum absolute atomic E-state index is 0.0256. The van der Waals surface area contributed by atoms with Crippen LogP contribution >= 0.6 is 23.1 Å². The van der Waals surface area contributed by atoms with Crippen molar-refractivity contribution in [1.82, 2.24) is 20.1 Å². The summed E-state index contributed by atoms with van der Waals surface area (Å²) in [7, 11) is 0. The smallest absolute Gasteiger partial charge is 0.230 e. The number of primary amides is 1. The summed E-state index contributed by atoms with van der Waals surface area (Å²) in [6, 6.07) is 4.19. The molecule has 2 amide bonds. The van der Waals surface area contributed by atoms with E-state index in [0.29, 0.717) is 17.5 Å².